The lowest BCUT2D eigenvalue weighted by molar-refractivity contribution is -0.118. The highest BCUT2D eigenvalue weighted by atomic mass is 32.2. The van der Waals surface area contributed by atoms with Crippen LogP contribution in [0.5, 0.6) is 0 Å². The summed E-state index contributed by atoms with van der Waals surface area (Å²) in [4.78, 5) is 22.1. The Labute approximate surface area is 305 Å². The number of anilines is 1. The lowest BCUT2D eigenvalue weighted by Gasteiger charge is -2.26. The Hall–Kier alpha value is -4.53. The van der Waals surface area contributed by atoms with E-state index < -0.39 is 22.0 Å². The van der Waals surface area contributed by atoms with E-state index in [0.717, 1.165) is 66.3 Å². The van der Waals surface area contributed by atoms with Gasteiger partial charge in [-0.1, -0.05) is 30.7 Å². The Balaban J connectivity index is 1.29. The SMILES string of the molecule is NC(=O)CC(NCc1cccn1S(=O)(=O)c1ccccc1)c1ccc2c(c1)nc(-c1ccc(N(CCO)CCO)cc1)n2CCCN1CCCCC1. The van der Waals surface area contributed by atoms with E-state index in [1.165, 1.54) is 29.4 Å². The van der Waals surface area contributed by atoms with Gasteiger partial charge in [0, 0.05) is 61.8 Å². The van der Waals surface area contributed by atoms with Crippen molar-refractivity contribution in [2.75, 3.05) is 50.8 Å². The van der Waals surface area contributed by atoms with Crippen LogP contribution in [0.15, 0.2) is 96.0 Å². The zero-order chi connectivity index (χ0) is 36.5. The number of amides is 1. The van der Waals surface area contributed by atoms with Gasteiger partial charge in [-0.3, -0.25) is 4.79 Å². The number of hydrogen-bond donors (Lipinski definition) is 4. The molecule has 5 N–H and O–H groups in total. The van der Waals surface area contributed by atoms with Crippen LogP contribution in [0.3, 0.4) is 0 Å². The molecule has 6 rings (SSSR count). The molecule has 1 atom stereocenters. The van der Waals surface area contributed by atoms with Crippen LogP contribution in [0.25, 0.3) is 22.4 Å². The number of benzene rings is 3. The van der Waals surface area contributed by atoms with E-state index in [1.54, 1.807) is 42.5 Å². The highest BCUT2D eigenvalue weighted by Gasteiger charge is 2.22. The number of carbonyl (C=O) groups is 1. The van der Waals surface area contributed by atoms with Gasteiger partial charge in [0.25, 0.3) is 10.0 Å². The number of hydrogen-bond acceptors (Lipinski definition) is 9. The number of imidazole rings is 1. The summed E-state index contributed by atoms with van der Waals surface area (Å²) >= 11 is 0. The number of aryl methyl sites for hydroxylation is 1. The highest BCUT2D eigenvalue weighted by Crippen LogP contribution is 2.30. The minimum Gasteiger partial charge on any atom is -0.395 e. The maximum absolute atomic E-state index is 13.4. The van der Waals surface area contributed by atoms with Crippen LogP contribution in [0, 0.1) is 0 Å². The first kappa shape index (κ1) is 37.2. The normalized spacial score (nSPS) is 14.5. The number of nitrogens with two attached hydrogens (primary N) is 1. The molecule has 1 amide bonds. The Bertz CT molecular complexity index is 2020. The molecule has 2 aromatic heterocycles. The van der Waals surface area contributed by atoms with Crippen LogP contribution in [0.4, 0.5) is 5.69 Å². The van der Waals surface area contributed by atoms with Gasteiger partial charge in [-0.25, -0.2) is 17.4 Å². The van der Waals surface area contributed by atoms with E-state index in [-0.39, 0.29) is 31.1 Å². The topological polar surface area (TPSA) is 159 Å². The van der Waals surface area contributed by atoms with E-state index in [9.17, 15) is 23.4 Å². The summed E-state index contributed by atoms with van der Waals surface area (Å²) in [6.45, 7) is 5.07. The molecule has 13 heteroatoms. The molecule has 1 aliphatic heterocycles. The molecule has 276 valence electrons. The van der Waals surface area contributed by atoms with Gasteiger partial charge in [-0.05, 0) is 105 Å². The molecule has 52 heavy (non-hydrogen) atoms. The summed E-state index contributed by atoms with van der Waals surface area (Å²) in [6, 6.07) is 25.3. The van der Waals surface area contributed by atoms with Gasteiger partial charge in [0.1, 0.15) is 5.82 Å². The number of primary amides is 1. The second kappa shape index (κ2) is 17.3. The molecule has 0 bridgehead atoms. The number of nitrogens with zero attached hydrogens (tertiary/aromatic N) is 5. The predicted octanol–water partition coefficient (Wildman–Crippen LogP) is 4.12. The molecule has 1 aliphatic rings. The van der Waals surface area contributed by atoms with Crippen LogP contribution < -0.4 is 16.0 Å². The van der Waals surface area contributed by atoms with E-state index in [1.807, 2.05) is 47.4 Å². The molecule has 12 nitrogen and oxygen atoms in total. The molecule has 5 aromatic rings. The molecule has 1 saturated heterocycles. The third-order valence-corrected chi connectivity index (χ3v) is 11.5. The van der Waals surface area contributed by atoms with Gasteiger partial charge in [0.15, 0.2) is 0 Å². The molecule has 0 spiro atoms. The zero-order valence-electron chi connectivity index (χ0n) is 29.5. The van der Waals surface area contributed by atoms with Crippen LogP contribution in [0.1, 0.15) is 49.4 Å². The van der Waals surface area contributed by atoms with E-state index in [0.29, 0.717) is 18.8 Å². The smallest absolute Gasteiger partial charge is 0.267 e. The first-order valence-electron chi connectivity index (χ1n) is 18.1. The van der Waals surface area contributed by atoms with Crippen molar-refractivity contribution < 1.29 is 23.4 Å². The summed E-state index contributed by atoms with van der Waals surface area (Å²) in [5.41, 5.74) is 10.7. The lowest BCUT2D eigenvalue weighted by atomic mass is 10.0. The van der Waals surface area contributed by atoms with Gasteiger partial charge >= 0.3 is 0 Å². The molecule has 0 saturated carbocycles. The molecule has 3 heterocycles. The minimum atomic E-state index is -3.80. The third kappa shape index (κ3) is 8.73. The van der Waals surface area contributed by atoms with Crippen LogP contribution in [-0.4, -0.2) is 88.9 Å². The fourth-order valence-electron chi connectivity index (χ4n) is 7.09. The summed E-state index contributed by atoms with van der Waals surface area (Å²) in [6.07, 6.45) is 6.29. The van der Waals surface area contributed by atoms with Crippen LogP contribution in [-0.2, 0) is 27.9 Å². The zero-order valence-corrected chi connectivity index (χ0v) is 30.3. The fraction of sp³-hybridized carbons (Fsp3) is 0.385. The Kier molecular flexibility index (Phi) is 12.4. The monoisotopic (exact) mass is 727 g/mol. The third-order valence-electron chi connectivity index (χ3n) is 9.74. The molecular weight excluding hydrogens is 679 g/mol. The Morgan fingerprint density at radius 2 is 1.63 bits per heavy atom. The number of carbonyl (C=O) groups excluding carboxylic acids is 1. The van der Waals surface area contributed by atoms with Gasteiger partial charge in [0.05, 0.1) is 29.1 Å². The highest BCUT2D eigenvalue weighted by molar-refractivity contribution is 7.90. The number of fused-ring (bicyclic) bond motifs is 1. The second-order valence-corrected chi connectivity index (χ2v) is 15.1. The summed E-state index contributed by atoms with van der Waals surface area (Å²) in [5, 5.41) is 22.5. The largest absolute Gasteiger partial charge is 0.395 e. The Morgan fingerprint density at radius 3 is 2.33 bits per heavy atom. The second-order valence-electron chi connectivity index (χ2n) is 13.3. The maximum atomic E-state index is 13.4. The van der Waals surface area contributed by atoms with Gasteiger partial charge in [-0.2, -0.15) is 0 Å². The molecule has 0 aliphatic carbocycles. The molecular formula is C39H49N7O5S. The van der Waals surface area contributed by atoms with Crippen molar-refractivity contribution in [3.63, 3.8) is 0 Å². The number of aliphatic hydroxyl groups is 2. The minimum absolute atomic E-state index is 0.0119. The average molecular weight is 728 g/mol. The first-order valence-corrected chi connectivity index (χ1v) is 19.5. The van der Waals surface area contributed by atoms with E-state index >= 15 is 0 Å². The van der Waals surface area contributed by atoms with Gasteiger partial charge in [-0.15, -0.1) is 0 Å². The van der Waals surface area contributed by atoms with Gasteiger partial charge in [0.2, 0.25) is 5.91 Å². The number of aliphatic hydroxyl groups excluding tert-OH is 2. The first-order chi connectivity index (χ1) is 25.3. The van der Waals surface area contributed by atoms with Crippen LogP contribution >= 0.6 is 0 Å². The number of nitrogens with one attached hydrogen (secondary N) is 1. The van der Waals surface area contributed by atoms with Crippen molar-refractivity contribution >= 4 is 32.7 Å². The molecule has 1 fully saturated rings. The summed E-state index contributed by atoms with van der Waals surface area (Å²) in [5.74, 6) is 0.349. The standard InChI is InChI=1S/C39H49N7O5S/c40-38(49)28-35(41-29-33-9-7-22-46(33)52(50,51)34-10-3-1-4-11-34)31-14-17-37-36(27-31)42-39(45(37)21-8-20-43-18-5-2-6-19-43)30-12-15-32(16-13-30)44(23-25-47)24-26-48/h1,3-4,7,9-17,22,27,35,41,47-48H,2,5-6,8,18-21,23-26,28-29H2,(H2,40,49). The number of piperidine rings is 1. The predicted molar refractivity (Wildman–Crippen MR) is 203 cm³/mol. The van der Waals surface area contributed by atoms with Crippen molar-refractivity contribution in [2.45, 2.75) is 56.1 Å². The molecule has 1 unspecified atom stereocenters. The molecule has 0 radical (unpaired) electrons. The van der Waals surface area contributed by atoms with Crippen LogP contribution in [0.2, 0.25) is 0 Å². The van der Waals surface area contributed by atoms with Gasteiger partial charge < -0.3 is 35.6 Å². The van der Waals surface area contributed by atoms with Crippen molar-refractivity contribution in [1.29, 1.82) is 0 Å². The summed E-state index contributed by atoms with van der Waals surface area (Å²) in [7, 11) is -3.80. The van der Waals surface area contributed by atoms with Crippen molar-refractivity contribution in [2.24, 2.45) is 5.73 Å². The quantitative estimate of drug-likeness (QED) is 0.104. The average Bonchev–Trinajstić information content (AvgIpc) is 3.79. The van der Waals surface area contributed by atoms with Crippen molar-refractivity contribution in [3.8, 4) is 11.4 Å². The maximum Gasteiger partial charge on any atom is 0.267 e. The van der Waals surface area contributed by atoms with E-state index in [4.69, 9.17) is 10.7 Å². The van der Waals surface area contributed by atoms with Crippen molar-refractivity contribution in [3.05, 3.63) is 102 Å². The van der Waals surface area contributed by atoms with Crippen molar-refractivity contribution in [1.82, 2.24) is 23.7 Å². The van der Waals surface area contributed by atoms with E-state index in [2.05, 4.69) is 14.8 Å². The Morgan fingerprint density at radius 1 is 0.904 bits per heavy atom. The number of rotatable bonds is 18. The number of likely N-dealkylation sites (tertiary alicyclic amines) is 1. The molecule has 3 aromatic carbocycles. The fourth-order valence-corrected chi connectivity index (χ4v) is 8.49. The summed E-state index contributed by atoms with van der Waals surface area (Å²) < 4.78 is 30.3. The number of aromatic nitrogens is 3. The lowest BCUT2D eigenvalue weighted by Crippen LogP contribution is -2.31.